The molecule has 0 aliphatic carbocycles. The van der Waals surface area contributed by atoms with Gasteiger partial charge in [0.2, 0.25) is 0 Å². The molecule has 0 N–H and O–H groups in total. The van der Waals surface area contributed by atoms with Gasteiger partial charge in [-0.25, -0.2) is 4.98 Å². The monoisotopic (exact) mass is 381 g/mol. The first-order valence-corrected chi connectivity index (χ1v) is 9.89. The highest BCUT2D eigenvalue weighted by Gasteiger charge is 2.39. The maximum atomic E-state index is 12.5. The van der Waals surface area contributed by atoms with E-state index in [-0.39, 0.29) is 5.78 Å². The second-order valence-corrected chi connectivity index (χ2v) is 8.36. The van der Waals surface area contributed by atoms with Gasteiger partial charge in [-0.2, -0.15) is 0 Å². The molecule has 2 saturated heterocycles. The molecule has 2 atom stereocenters. The van der Waals surface area contributed by atoms with E-state index in [0.29, 0.717) is 25.1 Å². The smallest absolute Gasteiger partial charge is 0.166 e. The Bertz CT molecular complexity index is 1020. The number of likely N-dealkylation sites (tertiary alicyclic amines) is 1. The van der Waals surface area contributed by atoms with Gasteiger partial charge in [0, 0.05) is 29.9 Å². The van der Waals surface area contributed by atoms with Crippen LogP contribution in [-0.2, 0) is 16.0 Å². The van der Waals surface area contributed by atoms with Crippen LogP contribution in [0.5, 0.6) is 0 Å². The number of ether oxygens (including phenoxy) is 1. The largest absolute Gasteiger partial charge is 0.375 e. The number of nitrogens with zero attached hydrogens (tertiary/aromatic N) is 5. The molecule has 3 aromatic rings. The maximum Gasteiger partial charge on any atom is 0.166 e. The van der Waals surface area contributed by atoms with Crippen molar-refractivity contribution < 1.29 is 9.53 Å². The van der Waals surface area contributed by atoms with Gasteiger partial charge in [-0.05, 0) is 31.5 Å². The molecule has 27 heavy (non-hydrogen) atoms. The Balaban J connectivity index is 1.33. The van der Waals surface area contributed by atoms with Crippen molar-refractivity contribution in [2.75, 3.05) is 19.7 Å². The van der Waals surface area contributed by atoms with Crippen LogP contribution < -0.4 is 0 Å². The summed E-state index contributed by atoms with van der Waals surface area (Å²) in [5.74, 6) is 0.185. The van der Waals surface area contributed by atoms with Crippen LogP contribution >= 0.6 is 11.3 Å². The van der Waals surface area contributed by atoms with Crippen LogP contribution in [0.4, 0.5) is 0 Å². The lowest BCUT2D eigenvalue weighted by Crippen LogP contribution is -2.40. The Labute approximate surface area is 160 Å². The van der Waals surface area contributed by atoms with Gasteiger partial charge >= 0.3 is 0 Å². The van der Waals surface area contributed by atoms with E-state index >= 15 is 0 Å². The van der Waals surface area contributed by atoms with Gasteiger partial charge in [0.05, 0.1) is 31.2 Å². The average Bonchev–Trinajstić information content (AvgIpc) is 3.38. The molecule has 5 heterocycles. The van der Waals surface area contributed by atoms with Gasteiger partial charge < -0.3 is 4.74 Å². The van der Waals surface area contributed by atoms with Crippen molar-refractivity contribution in [3.8, 4) is 10.7 Å². The zero-order valence-corrected chi connectivity index (χ0v) is 15.8. The van der Waals surface area contributed by atoms with Crippen molar-refractivity contribution in [2.24, 2.45) is 0 Å². The van der Waals surface area contributed by atoms with E-state index in [0.717, 1.165) is 51.9 Å². The van der Waals surface area contributed by atoms with E-state index in [1.165, 1.54) is 11.3 Å². The summed E-state index contributed by atoms with van der Waals surface area (Å²) in [6.07, 6.45) is 3.48. The lowest BCUT2D eigenvalue weighted by atomic mass is 10.1. The van der Waals surface area contributed by atoms with Crippen molar-refractivity contribution in [3.05, 3.63) is 35.1 Å². The number of pyridine rings is 2. The summed E-state index contributed by atoms with van der Waals surface area (Å²) in [6.45, 7) is 4.02. The number of aromatic nitrogens is 4. The predicted molar refractivity (Wildman–Crippen MR) is 102 cm³/mol. The number of carbonyl (C=O) groups excluding carboxylic acids is 1. The molecule has 138 valence electrons. The zero-order valence-electron chi connectivity index (χ0n) is 15.0. The number of Topliss-reactive ketones (excluding diaryl/α,β-unsaturated/α-hetero) is 1. The lowest BCUT2D eigenvalue weighted by molar-refractivity contribution is -0.120. The average molecular weight is 381 g/mol. The molecule has 0 amide bonds. The number of aryl methyl sites for hydroxylation is 1. The third kappa shape index (κ3) is 3.36. The molecular formula is C19H19N5O2S. The first kappa shape index (κ1) is 16.9. The molecule has 3 aromatic heterocycles. The molecule has 8 heteroatoms. The first-order chi connectivity index (χ1) is 13.1. The molecule has 0 unspecified atom stereocenters. The zero-order chi connectivity index (χ0) is 18.4. The minimum Gasteiger partial charge on any atom is -0.375 e. The van der Waals surface area contributed by atoms with E-state index in [9.17, 15) is 4.79 Å². The summed E-state index contributed by atoms with van der Waals surface area (Å²) < 4.78 is 5.60. The van der Waals surface area contributed by atoms with Crippen LogP contribution in [0.25, 0.3) is 21.6 Å². The number of rotatable bonds is 5. The first-order valence-electron chi connectivity index (χ1n) is 9.07. The molecule has 2 aliphatic rings. The second-order valence-electron chi connectivity index (χ2n) is 7.18. The summed E-state index contributed by atoms with van der Waals surface area (Å²) in [6, 6.07) is 6.22. The van der Waals surface area contributed by atoms with Crippen molar-refractivity contribution in [3.63, 3.8) is 0 Å². The lowest BCUT2D eigenvalue weighted by Gasteiger charge is -2.25. The molecule has 2 aliphatic heterocycles. The highest BCUT2D eigenvalue weighted by Crippen LogP contribution is 2.27. The highest BCUT2D eigenvalue weighted by molar-refractivity contribution is 7.14. The van der Waals surface area contributed by atoms with E-state index in [1.807, 2.05) is 25.1 Å². The topological polar surface area (TPSA) is 81.1 Å². The van der Waals surface area contributed by atoms with Crippen molar-refractivity contribution >= 4 is 28.0 Å². The Morgan fingerprint density at radius 2 is 2.30 bits per heavy atom. The SMILES string of the molecule is Cc1nnc(-c2ccc3cnc(CC(=O)CN4C[C@H]5C[C@@H]4CO5)cc3n2)s1. The molecule has 0 spiro atoms. The van der Waals surface area contributed by atoms with E-state index < -0.39 is 0 Å². The van der Waals surface area contributed by atoms with Crippen LogP contribution in [0.1, 0.15) is 17.1 Å². The number of morpholine rings is 1. The van der Waals surface area contributed by atoms with Crippen LogP contribution in [0.2, 0.25) is 0 Å². The molecule has 7 nitrogen and oxygen atoms in total. The molecule has 5 rings (SSSR count). The number of hydrogen-bond acceptors (Lipinski definition) is 8. The summed E-state index contributed by atoms with van der Waals surface area (Å²) >= 11 is 1.52. The number of carbonyl (C=O) groups is 1. The Morgan fingerprint density at radius 1 is 1.37 bits per heavy atom. The third-order valence-electron chi connectivity index (χ3n) is 5.15. The summed E-state index contributed by atoms with van der Waals surface area (Å²) in [5, 5.41) is 10.9. The quantitative estimate of drug-likeness (QED) is 0.669. The summed E-state index contributed by atoms with van der Waals surface area (Å²) in [7, 11) is 0. The predicted octanol–water partition coefficient (Wildman–Crippen LogP) is 2.04. The molecule has 2 fully saturated rings. The van der Waals surface area contributed by atoms with Gasteiger partial charge in [0.25, 0.3) is 0 Å². The second kappa shape index (κ2) is 6.70. The van der Waals surface area contributed by atoms with E-state index in [4.69, 9.17) is 9.72 Å². The van der Waals surface area contributed by atoms with Gasteiger partial charge in [-0.3, -0.25) is 14.7 Å². The standard InChI is InChI=1S/C19H19N5O2S/c1-11-22-23-19(27-11)17-3-2-12-7-20-13(5-18(12)21-17)4-15(25)8-24-9-16-6-14(24)10-26-16/h2-3,5,7,14,16H,4,6,8-10H2,1H3/t14-,16-/m1/s1. The summed E-state index contributed by atoms with van der Waals surface area (Å²) in [5.41, 5.74) is 2.38. The van der Waals surface area contributed by atoms with Crippen molar-refractivity contribution in [1.29, 1.82) is 0 Å². The normalized spacial score (nSPS) is 22.0. The molecule has 0 saturated carbocycles. The Morgan fingerprint density at radius 3 is 3.04 bits per heavy atom. The minimum absolute atomic E-state index is 0.185. The van der Waals surface area contributed by atoms with Crippen LogP contribution in [-0.4, -0.2) is 62.7 Å². The van der Waals surface area contributed by atoms with Gasteiger partial charge in [-0.1, -0.05) is 11.3 Å². The number of fused-ring (bicyclic) bond motifs is 3. The number of hydrogen-bond donors (Lipinski definition) is 0. The minimum atomic E-state index is 0.185. The van der Waals surface area contributed by atoms with Crippen molar-refractivity contribution in [1.82, 2.24) is 25.1 Å². The van der Waals surface area contributed by atoms with Gasteiger partial charge in [0.1, 0.15) is 10.7 Å². The number of ketones is 1. The fraction of sp³-hybridized carbons (Fsp3) is 0.421. The highest BCUT2D eigenvalue weighted by atomic mass is 32.1. The Hall–Kier alpha value is -2.29. The third-order valence-corrected chi connectivity index (χ3v) is 6.01. The van der Waals surface area contributed by atoms with Crippen LogP contribution in [0.3, 0.4) is 0 Å². The molecule has 0 radical (unpaired) electrons. The van der Waals surface area contributed by atoms with Crippen molar-refractivity contribution in [2.45, 2.75) is 31.9 Å². The fourth-order valence-electron chi connectivity index (χ4n) is 3.83. The van der Waals surface area contributed by atoms with Crippen LogP contribution in [0.15, 0.2) is 24.4 Å². The Kier molecular flexibility index (Phi) is 4.18. The summed E-state index contributed by atoms with van der Waals surface area (Å²) in [4.78, 5) is 23.9. The van der Waals surface area contributed by atoms with E-state index in [2.05, 4.69) is 20.1 Å². The van der Waals surface area contributed by atoms with E-state index in [1.54, 1.807) is 6.20 Å². The fourth-order valence-corrected chi connectivity index (χ4v) is 4.49. The molecular weight excluding hydrogens is 362 g/mol. The van der Waals surface area contributed by atoms with Crippen LogP contribution in [0, 0.1) is 6.92 Å². The molecule has 0 aromatic carbocycles. The molecule has 2 bridgehead atoms. The van der Waals surface area contributed by atoms with Gasteiger partial charge in [-0.15, -0.1) is 10.2 Å². The maximum absolute atomic E-state index is 12.5. The van der Waals surface area contributed by atoms with Gasteiger partial charge in [0.15, 0.2) is 10.8 Å².